The Labute approximate surface area is 193 Å². The van der Waals surface area contributed by atoms with Gasteiger partial charge in [-0.3, -0.25) is 4.79 Å². The second-order valence-corrected chi connectivity index (χ2v) is 9.42. The molecule has 5 aromatic rings. The van der Waals surface area contributed by atoms with E-state index in [-0.39, 0.29) is 6.42 Å². The van der Waals surface area contributed by atoms with Crippen LogP contribution in [0.3, 0.4) is 0 Å². The van der Waals surface area contributed by atoms with Crippen molar-refractivity contribution in [3.05, 3.63) is 70.4 Å². The second kappa shape index (κ2) is 7.73. The Balaban J connectivity index is 1.76. The minimum absolute atomic E-state index is 0.0558. The summed E-state index contributed by atoms with van der Waals surface area (Å²) >= 11 is 7.64. The molecule has 0 unspecified atom stereocenters. The van der Waals surface area contributed by atoms with Crippen LogP contribution in [0.25, 0.3) is 43.1 Å². The van der Waals surface area contributed by atoms with E-state index in [1.807, 2.05) is 54.9 Å². The van der Waals surface area contributed by atoms with Gasteiger partial charge in [0.1, 0.15) is 16.3 Å². The number of aryl methyl sites for hydroxylation is 3. The molecular weight excluding hydrogens is 442 g/mol. The van der Waals surface area contributed by atoms with Gasteiger partial charge < -0.3 is 9.67 Å². The predicted octanol–water partition coefficient (Wildman–Crippen LogP) is 6.41. The second-order valence-electron chi connectivity index (χ2n) is 7.98. The zero-order chi connectivity index (χ0) is 22.6. The first-order valence-corrected chi connectivity index (χ1v) is 11.3. The maximum atomic E-state index is 11.6. The molecular formula is C25H20ClN3O2S. The first-order valence-electron chi connectivity index (χ1n) is 10.2. The summed E-state index contributed by atoms with van der Waals surface area (Å²) < 4.78 is 2.98. The summed E-state index contributed by atoms with van der Waals surface area (Å²) in [5, 5.41) is 12.1. The number of halogens is 1. The fraction of sp³-hybridized carbons (Fsp3) is 0.160. The van der Waals surface area contributed by atoms with Crippen molar-refractivity contribution < 1.29 is 9.90 Å². The molecule has 0 fully saturated rings. The highest BCUT2D eigenvalue weighted by Crippen LogP contribution is 2.41. The van der Waals surface area contributed by atoms with Crippen LogP contribution in [0, 0.1) is 13.8 Å². The molecule has 0 radical (unpaired) electrons. The summed E-state index contributed by atoms with van der Waals surface area (Å²) in [6.07, 6.45) is 2.01. The number of thiazole rings is 1. The lowest BCUT2D eigenvalue weighted by Gasteiger charge is -2.13. The van der Waals surface area contributed by atoms with Gasteiger partial charge in [0.15, 0.2) is 0 Å². The van der Waals surface area contributed by atoms with E-state index in [4.69, 9.17) is 21.6 Å². The van der Waals surface area contributed by atoms with Crippen LogP contribution in [0.4, 0.5) is 0 Å². The third-order valence-electron chi connectivity index (χ3n) is 5.71. The van der Waals surface area contributed by atoms with Crippen LogP contribution < -0.4 is 0 Å². The van der Waals surface area contributed by atoms with Gasteiger partial charge in [-0.25, -0.2) is 9.97 Å². The summed E-state index contributed by atoms with van der Waals surface area (Å²) in [6, 6.07) is 13.6. The van der Waals surface area contributed by atoms with E-state index in [0.717, 1.165) is 54.2 Å². The van der Waals surface area contributed by atoms with Crippen LogP contribution in [0.15, 0.2) is 48.7 Å². The van der Waals surface area contributed by atoms with Gasteiger partial charge in [-0.1, -0.05) is 23.7 Å². The molecule has 0 aliphatic carbocycles. The standard InChI is InChI=1S/C25H20ClN3O2S/c1-13-10-20-23(22(18(13)11-21(30)31)15-4-6-16(26)7-5-15)32-25(28-20)19-9-8-17-14(2)12-29(3)24(17)27-19/h4-10,12H,11H2,1-3H3,(H,30,31). The van der Waals surface area contributed by atoms with Crippen LogP contribution >= 0.6 is 22.9 Å². The van der Waals surface area contributed by atoms with Gasteiger partial charge in [-0.15, -0.1) is 11.3 Å². The SMILES string of the molecule is Cc1cc2nc(-c3ccc4c(C)cn(C)c4n3)sc2c(-c2ccc(Cl)cc2)c1CC(=O)O. The number of benzene rings is 2. The summed E-state index contributed by atoms with van der Waals surface area (Å²) in [5.41, 5.74) is 7.28. The van der Waals surface area contributed by atoms with E-state index < -0.39 is 5.97 Å². The Bertz CT molecular complexity index is 1520. The molecule has 0 amide bonds. The monoisotopic (exact) mass is 461 g/mol. The van der Waals surface area contributed by atoms with Crippen molar-refractivity contribution in [1.29, 1.82) is 0 Å². The average Bonchev–Trinajstić information content (AvgIpc) is 3.29. The Morgan fingerprint density at radius 2 is 1.84 bits per heavy atom. The number of nitrogens with zero attached hydrogens (tertiary/aromatic N) is 3. The number of carboxylic acid groups (broad SMARTS) is 1. The molecule has 2 aromatic carbocycles. The molecule has 5 nitrogen and oxygen atoms in total. The number of aromatic nitrogens is 3. The van der Waals surface area contributed by atoms with Gasteiger partial charge in [-0.2, -0.15) is 0 Å². The minimum Gasteiger partial charge on any atom is -0.481 e. The Morgan fingerprint density at radius 3 is 2.56 bits per heavy atom. The van der Waals surface area contributed by atoms with Gasteiger partial charge >= 0.3 is 5.97 Å². The van der Waals surface area contributed by atoms with Crippen molar-refractivity contribution in [2.24, 2.45) is 7.05 Å². The number of rotatable bonds is 4. The highest BCUT2D eigenvalue weighted by molar-refractivity contribution is 7.22. The molecule has 0 aliphatic rings. The number of carbonyl (C=O) groups is 1. The van der Waals surface area contributed by atoms with E-state index in [0.29, 0.717) is 5.02 Å². The fourth-order valence-electron chi connectivity index (χ4n) is 4.21. The Morgan fingerprint density at radius 1 is 1.09 bits per heavy atom. The van der Waals surface area contributed by atoms with E-state index in [9.17, 15) is 9.90 Å². The van der Waals surface area contributed by atoms with Crippen molar-refractivity contribution >= 4 is 50.2 Å². The molecule has 3 heterocycles. The van der Waals surface area contributed by atoms with E-state index >= 15 is 0 Å². The van der Waals surface area contributed by atoms with Crippen LogP contribution in [-0.2, 0) is 18.3 Å². The number of fused-ring (bicyclic) bond motifs is 2. The molecule has 7 heteroatoms. The van der Waals surface area contributed by atoms with Crippen LogP contribution in [0.1, 0.15) is 16.7 Å². The smallest absolute Gasteiger partial charge is 0.307 e. The highest BCUT2D eigenvalue weighted by Gasteiger charge is 2.20. The number of aliphatic carboxylic acids is 1. The van der Waals surface area contributed by atoms with Gasteiger partial charge in [0.2, 0.25) is 0 Å². The topological polar surface area (TPSA) is 68.0 Å². The molecule has 0 saturated carbocycles. The summed E-state index contributed by atoms with van der Waals surface area (Å²) in [4.78, 5) is 21.4. The van der Waals surface area contributed by atoms with Crippen LogP contribution in [0.2, 0.25) is 5.02 Å². The van der Waals surface area contributed by atoms with E-state index in [2.05, 4.69) is 19.2 Å². The van der Waals surface area contributed by atoms with Crippen molar-refractivity contribution in [1.82, 2.24) is 14.5 Å². The molecule has 1 N–H and O–H groups in total. The third kappa shape index (κ3) is 3.45. The molecule has 0 atom stereocenters. The molecule has 5 rings (SSSR count). The van der Waals surface area contributed by atoms with Gasteiger partial charge in [0, 0.05) is 29.2 Å². The van der Waals surface area contributed by atoms with E-state index in [1.165, 1.54) is 16.9 Å². The van der Waals surface area contributed by atoms with Crippen molar-refractivity contribution in [2.45, 2.75) is 20.3 Å². The number of carboxylic acids is 1. The first kappa shape index (κ1) is 20.7. The predicted molar refractivity (Wildman–Crippen MR) is 131 cm³/mol. The Kier molecular flexibility index (Phi) is 4.99. The van der Waals surface area contributed by atoms with Crippen molar-refractivity contribution in [3.8, 4) is 21.8 Å². The van der Waals surface area contributed by atoms with Gasteiger partial charge in [0.05, 0.1) is 16.6 Å². The largest absolute Gasteiger partial charge is 0.481 e. The number of pyridine rings is 1. The van der Waals surface area contributed by atoms with Crippen LogP contribution in [-0.4, -0.2) is 25.6 Å². The molecule has 3 aromatic heterocycles. The molecule has 0 saturated heterocycles. The zero-order valence-electron chi connectivity index (χ0n) is 17.8. The molecule has 0 aliphatic heterocycles. The lowest BCUT2D eigenvalue weighted by Crippen LogP contribution is -2.04. The molecule has 0 spiro atoms. The highest BCUT2D eigenvalue weighted by atomic mass is 35.5. The molecule has 32 heavy (non-hydrogen) atoms. The summed E-state index contributed by atoms with van der Waals surface area (Å²) in [5.74, 6) is -0.862. The minimum atomic E-state index is -0.862. The lowest BCUT2D eigenvalue weighted by atomic mass is 9.93. The Hall–Kier alpha value is -3.22. The lowest BCUT2D eigenvalue weighted by molar-refractivity contribution is -0.136. The van der Waals surface area contributed by atoms with Crippen molar-refractivity contribution in [3.63, 3.8) is 0 Å². The zero-order valence-corrected chi connectivity index (χ0v) is 19.4. The molecule has 0 bridgehead atoms. The fourth-order valence-corrected chi connectivity index (χ4v) is 5.44. The summed E-state index contributed by atoms with van der Waals surface area (Å²) in [7, 11) is 1.99. The quantitative estimate of drug-likeness (QED) is 0.335. The summed E-state index contributed by atoms with van der Waals surface area (Å²) in [6.45, 7) is 4.01. The first-order chi connectivity index (χ1) is 15.3. The average molecular weight is 462 g/mol. The maximum absolute atomic E-state index is 11.6. The van der Waals surface area contributed by atoms with Crippen molar-refractivity contribution in [2.75, 3.05) is 0 Å². The van der Waals surface area contributed by atoms with Gasteiger partial charge in [0.25, 0.3) is 0 Å². The molecule has 160 valence electrons. The number of hydrogen-bond acceptors (Lipinski definition) is 4. The van der Waals surface area contributed by atoms with Gasteiger partial charge in [-0.05, 0) is 66.4 Å². The third-order valence-corrected chi connectivity index (χ3v) is 7.08. The number of hydrogen-bond donors (Lipinski definition) is 1. The van der Waals surface area contributed by atoms with Crippen LogP contribution in [0.5, 0.6) is 0 Å². The maximum Gasteiger partial charge on any atom is 0.307 e. The normalized spacial score (nSPS) is 11.5. The van der Waals surface area contributed by atoms with E-state index in [1.54, 1.807) is 0 Å².